The van der Waals surface area contributed by atoms with Gasteiger partial charge < -0.3 is 20.1 Å². The lowest BCUT2D eigenvalue weighted by Crippen LogP contribution is -2.37. The van der Waals surface area contributed by atoms with E-state index in [0.717, 1.165) is 6.42 Å². The Morgan fingerprint density at radius 3 is 2.75 bits per heavy atom. The summed E-state index contributed by atoms with van der Waals surface area (Å²) in [5, 5.41) is 6.11. The number of alkyl halides is 2. The van der Waals surface area contributed by atoms with Crippen molar-refractivity contribution in [2.75, 3.05) is 19.7 Å². The third-order valence-corrected chi connectivity index (χ3v) is 2.89. The minimum atomic E-state index is -2.90. The first-order valence-corrected chi connectivity index (χ1v) is 7.94. The van der Waals surface area contributed by atoms with Crippen LogP contribution in [0.2, 0.25) is 0 Å². The number of nitrogens with zero attached hydrogens (tertiary/aromatic N) is 1. The summed E-state index contributed by atoms with van der Waals surface area (Å²) in [6.07, 6.45) is 2.54. The summed E-state index contributed by atoms with van der Waals surface area (Å²) in [6, 6.07) is 4.88. The highest BCUT2D eigenvalue weighted by Gasteiger charge is 2.11. The zero-order valence-corrected chi connectivity index (χ0v) is 14.1. The minimum Gasteiger partial charge on any atom is -0.493 e. The van der Waals surface area contributed by atoms with Crippen molar-refractivity contribution >= 4 is 5.96 Å². The molecule has 0 aromatic heterocycles. The van der Waals surface area contributed by atoms with Crippen LogP contribution in [-0.4, -0.2) is 32.3 Å². The third-order valence-electron chi connectivity index (χ3n) is 2.89. The fourth-order valence-electron chi connectivity index (χ4n) is 1.86. The predicted octanol–water partition coefficient (Wildman–Crippen LogP) is 3.32. The zero-order chi connectivity index (χ0) is 17.8. The number of hydrogen-bond acceptors (Lipinski definition) is 3. The predicted molar refractivity (Wildman–Crippen MR) is 91.9 cm³/mol. The lowest BCUT2D eigenvalue weighted by Gasteiger charge is -2.13. The second kappa shape index (κ2) is 11.3. The van der Waals surface area contributed by atoms with Gasteiger partial charge in [-0.15, -0.1) is 6.58 Å². The van der Waals surface area contributed by atoms with Gasteiger partial charge >= 0.3 is 6.61 Å². The molecule has 0 aliphatic carbocycles. The van der Waals surface area contributed by atoms with Gasteiger partial charge in [-0.3, -0.25) is 0 Å². The molecule has 0 spiro atoms. The van der Waals surface area contributed by atoms with Crippen LogP contribution in [0.4, 0.5) is 8.78 Å². The Kier molecular flexibility index (Phi) is 9.26. The van der Waals surface area contributed by atoms with Crippen LogP contribution in [-0.2, 0) is 6.54 Å². The smallest absolute Gasteiger partial charge is 0.387 e. The SMILES string of the molecule is C=CCNC(=NCc1ccc(OCCC)cc1OC(F)F)NCC. The molecule has 134 valence electrons. The van der Waals surface area contributed by atoms with E-state index in [0.29, 0.717) is 37.0 Å². The number of benzene rings is 1. The van der Waals surface area contributed by atoms with Crippen LogP contribution in [0.1, 0.15) is 25.8 Å². The maximum Gasteiger partial charge on any atom is 0.387 e. The van der Waals surface area contributed by atoms with E-state index in [1.165, 1.54) is 6.07 Å². The number of ether oxygens (including phenoxy) is 2. The van der Waals surface area contributed by atoms with Gasteiger partial charge in [0.1, 0.15) is 11.5 Å². The monoisotopic (exact) mass is 341 g/mol. The van der Waals surface area contributed by atoms with Crippen LogP contribution < -0.4 is 20.1 Å². The Balaban J connectivity index is 2.91. The van der Waals surface area contributed by atoms with Gasteiger partial charge in [-0.25, -0.2) is 4.99 Å². The Hall–Kier alpha value is -2.31. The number of rotatable bonds is 10. The van der Waals surface area contributed by atoms with Crippen LogP contribution in [0, 0.1) is 0 Å². The Morgan fingerprint density at radius 2 is 2.12 bits per heavy atom. The van der Waals surface area contributed by atoms with Crippen molar-refractivity contribution in [2.45, 2.75) is 33.4 Å². The highest BCUT2D eigenvalue weighted by Crippen LogP contribution is 2.27. The van der Waals surface area contributed by atoms with E-state index in [2.05, 4.69) is 26.9 Å². The van der Waals surface area contributed by atoms with Crippen LogP contribution >= 0.6 is 0 Å². The van der Waals surface area contributed by atoms with E-state index in [4.69, 9.17) is 4.74 Å². The molecule has 7 heteroatoms. The van der Waals surface area contributed by atoms with Gasteiger partial charge in [0.25, 0.3) is 0 Å². The van der Waals surface area contributed by atoms with E-state index in [1.807, 2.05) is 13.8 Å². The van der Waals surface area contributed by atoms with Gasteiger partial charge in [0.05, 0.1) is 13.2 Å². The molecule has 0 bridgehead atoms. The highest BCUT2D eigenvalue weighted by molar-refractivity contribution is 5.79. The first-order valence-electron chi connectivity index (χ1n) is 7.94. The van der Waals surface area contributed by atoms with E-state index >= 15 is 0 Å². The topological polar surface area (TPSA) is 54.9 Å². The molecule has 0 radical (unpaired) electrons. The molecule has 0 saturated heterocycles. The van der Waals surface area contributed by atoms with E-state index in [9.17, 15) is 8.78 Å². The number of aliphatic imine (C=N–C) groups is 1. The molecule has 24 heavy (non-hydrogen) atoms. The van der Waals surface area contributed by atoms with Gasteiger partial charge in [-0.05, 0) is 25.5 Å². The fourth-order valence-corrected chi connectivity index (χ4v) is 1.86. The first kappa shape index (κ1) is 19.7. The van der Waals surface area contributed by atoms with E-state index < -0.39 is 6.61 Å². The molecule has 2 N–H and O–H groups in total. The Labute approximate surface area is 141 Å². The molecule has 0 aliphatic heterocycles. The number of hydrogen-bond donors (Lipinski definition) is 2. The van der Waals surface area contributed by atoms with Crippen molar-refractivity contribution in [3.8, 4) is 11.5 Å². The van der Waals surface area contributed by atoms with Gasteiger partial charge in [0.2, 0.25) is 0 Å². The standard InChI is InChI=1S/C17H25F2N3O2/c1-4-9-21-17(20-6-3)22-12-13-7-8-14(23-10-5-2)11-15(13)24-16(18)19/h4,7-8,11,16H,1,5-6,9-10,12H2,2-3H3,(H2,20,21,22). The van der Waals surface area contributed by atoms with E-state index in [-0.39, 0.29) is 12.3 Å². The fraction of sp³-hybridized carbons (Fsp3) is 0.471. The molecule has 0 saturated carbocycles. The molecule has 1 aromatic rings. The second-order valence-electron chi connectivity index (χ2n) is 4.86. The summed E-state index contributed by atoms with van der Waals surface area (Å²) in [5.74, 6) is 1.14. The lowest BCUT2D eigenvalue weighted by molar-refractivity contribution is -0.0505. The molecule has 0 unspecified atom stereocenters. The second-order valence-corrected chi connectivity index (χ2v) is 4.86. The van der Waals surface area contributed by atoms with Gasteiger partial charge in [-0.2, -0.15) is 8.78 Å². The van der Waals surface area contributed by atoms with Crippen LogP contribution in [0.25, 0.3) is 0 Å². The Morgan fingerprint density at radius 1 is 1.33 bits per heavy atom. The van der Waals surface area contributed by atoms with Gasteiger partial charge in [0, 0.05) is 24.7 Å². The number of nitrogens with one attached hydrogen (secondary N) is 2. The summed E-state index contributed by atoms with van der Waals surface area (Å²) in [7, 11) is 0. The molecule has 0 atom stereocenters. The summed E-state index contributed by atoms with van der Waals surface area (Å²) < 4.78 is 35.3. The molecular weight excluding hydrogens is 316 g/mol. The quantitative estimate of drug-likeness (QED) is 0.389. The van der Waals surface area contributed by atoms with Crippen LogP contribution in [0.5, 0.6) is 11.5 Å². The zero-order valence-electron chi connectivity index (χ0n) is 14.1. The molecule has 0 amide bonds. The largest absolute Gasteiger partial charge is 0.493 e. The van der Waals surface area contributed by atoms with E-state index in [1.54, 1.807) is 18.2 Å². The third kappa shape index (κ3) is 7.30. The van der Waals surface area contributed by atoms with Crippen molar-refractivity contribution in [2.24, 2.45) is 4.99 Å². The summed E-state index contributed by atoms with van der Waals surface area (Å²) in [6.45, 7) is 6.59. The average molecular weight is 341 g/mol. The summed E-state index contributed by atoms with van der Waals surface area (Å²) >= 11 is 0. The number of guanidine groups is 1. The molecule has 0 fully saturated rings. The van der Waals surface area contributed by atoms with Gasteiger partial charge in [-0.1, -0.05) is 13.0 Å². The molecule has 5 nitrogen and oxygen atoms in total. The highest BCUT2D eigenvalue weighted by atomic mass is 19.3. The average Bonchev–Trinajstić information content (AvgIpc) is 2.56. The maximum absolute atomic E-state index is 12.6. The van der Waals surface area contributed by atoms with Crippen molar-refractivity contribution in [3.63, 3.8) is 0 Å². The van der Waals surface area contributed by atoms with Crippen molar-refractivity contribution < 1.29 is 18.3 Å². The minimum absolute atomic E-state index is 0.0712. The molecule has 0 aliphatic rings. The normalized spacial score (nSPS) is 11.3. The Bertz CT molecular complexity index is 537. The lowest BCUT2D eigenvalue weighted by atomic mass is 10.2. The molecule has 1 rings (SSSR count). The summed E-state index contributed by atoms with van der Waals surface area (Å²) in [4.78, 5) is 4.36. The van der Waals surface area contributed by atoms with Crippen molar-refractivity contribution in [3.05, 3.63) is 36.4 Å². The molecular formula is C17H25F2N3O2. The van der Waals surface area contributed by atoms with Crippen LogP contribution in [0.15, 0.2) is 35.8 Å². The van der Waals surface area contributed by atoms with Crippen molar-refractivity contribution in [1.82, 2.24) is 10.6 Å². The number of halogens is 2. The van der Waals surface area contributed by atoms with Gasteiger partial charge in [0.15, 0.2) is 5.96 Å². The molecule has 1 aromatic carbocycles. The first-order chi connectivity index (χ1) is 11.6. The summed E-state index contributed by atoms with van der Waals surface area (Å²) in [5.41, 5.74) is 0.551. The maximum atomic E-state index is 12.6. The molecule has 0 heterocycles. The van der Waals surface area contributed by atoms with Crippen molar-refractivity contribution in [1.29, 1.82) is 0 Å². The van der Waals surface area contributed by atoms with Crippen LogP contribution in [0.3, 0.4) is 0 Å².